The van der Waals surface area contributed by atoms with Gasteiger partial charge in [0.2, 0.25) is 11.8 Å². The molecule has 0 aliphatic carbocycles. The van der Waals surface area contributed by atoms with Crippen LogP contribution < -0.4 is 5.32 Å². The van der Waals surface area contributed by atoms with Gasteiger partial charge in [0.1, 0.15) is 0 Å². The summed E-state index contributed by atoms with van der Waals surface area (Å²) in [6.07, 6.45) is 3.19. The molecule has 0 unspecified atom stereocenters. The number of aromatic amines is 1. The van der Waals surface area contributed by atoms with Crippen LogP contribution in [-0.4, -0.2) is 40.0 Å². The molecule has 1 atom stereocenters. The molecule has 2 heterocycles. The third-order valence-corrected chi connectivity index (χ3v) is 5.99. The third-order valence-electron chi connectivity index (χ3n) is 5.99. The minimum atomic E-state index is -0.924. The number of rotatable bonds is 7. The van der Waals surface area contributed by atoms with Gasteiger partial charge in [-0.15, -0.1) is 0 Å². The van der Waals surface area contributed by atoms with Crippen LogP contribution in [0.4, 0.5) is 8.78 Å². The first-order valence-electron chi connectivity index (χ1n) is 10.9. The van der Waals surface area contributed by atoms with E-state index in [2.05, 4.69) is 15.5 Å². The summed E-state index contributed by atoms with van der Waals surface area (Å²) in [5, 5.41) is 10.9. The molecule has 0 saturated carbocycles. The average molecular weight is 440 g/mol. The topological polar surface area (TPSA) is 78.1 Å². The zero-order valence-electron chi connectivity index (χ0n) is 17.7. The smallest absolute Gasteiger partial charge is 0.228 e. The van der Waals surface area contributed by atoms with E-state index in [1.54, 1.807) is 0 Å². The molecule has 0 radical (unpaired) electrons. The summed E-state index contributed by atoms with van der Waals surface area (Å²) >= 11 is 0. The summed E-state index contributed by atoms with van der Waals surface area (Å²) < 4.78 is 26.3. The number of amides is 2. The molecule has 1 saturated heterocycles. The van der Waals surface area contributed by atoms with Gasteiger partial charge in [-0.05, 0) is 48.9 Å². The van der Waals surface area contributed by atoms with Gasteiger partial charge in [-0.2, -0.15) is 5.10 Å². The highest BCUT2D eigenvalue weighted by Crippen LogP contribution is 2.23. The van der Waals surface area contributed by atoms with Crippen molar-refractivity contribution < 1.29 is 18.4 Å². The van der Waals surface area contributed by atoms with Crippen molar-refractivity contribution >= 4 is 22.7 Å². The number of H-pyrrole nitrogens is 1. The summed E-state index contributed by atoms with van der Waals surface area (Å²) in [6, 6.07) is 11.3. The largest absolute Gasteiger partial charge is 0.352 e. The average Bonchev–Trinajstić information content (AvgIpc) is 3.21. The highest BCUT2D eigenvalue weighted by Gasteiger charge is 2.25. The molecule has 1 aliphatic rings. The van der Waals surface area contributed by atoms with E-state index in [1.165, 1.54) is 6.07 Å². The zero-order chi connectivity index (χ0) is 22.5. The van der Waals surface area contributed by atoms with Crippen LogP contribution in [0.25, 0.3) is 10.9 Å². The highest BCUT2D eigenvalue weighted by atomic mass is 19.2. The second-order valence-corrected chi connectivity index (χ2v) is 8.31. The van der Waals surface area contributed by atoms with E-state index in [9.17, 15) is 18.4 Å². The molecule has 3 aromatic rings. The van der Waals surface area contributed by atoms with Crippen LogP contribution in [-0.2, 0) is 22.6 Å². The summed E-state index contributed by atoms with van der Waals surface area (Å²) in [5.74, 6) is -1.64. The maximum atomic E-state index is 13.3. The third kappa shape index (κ3) is 5.30. The van der Waals surface area contributed by atoms with E-state index in [0.29, 0.717) is 24.9 Å². The molecule has 2 amide bonds. The molecular weight excluding hydrogens is 414 g/mol. The van der Waals surface area contributed by atoms with Gasteiger partial charge in [0.25, 0.3) is 0 Å². The maximum Gasteiger partial charge on any atom is 0.228 e. The molecule has 4 rings (SSSR count). The number of carbonyl (C=O) groups is 2. The van der Waals surface area contributed by atoms with Crippen LogP contribution in [0, 0.1) is 17.6 Å². The number of nitrogens with one attached hydrogen (secondary N) is 2. The van der Waals surface area contributed by atoms with Gasteiger partial charge >= 0.3 is 0 Å². The number of piperidine rings is 1. The number of benzene rings is 2. The quantitative estimate of drug-likeness (QED) is 0.588. The monoisotopic (exact) mass is 440 g/mol. The van der Waals surface area contributed by atoms with Crippen molar-refractivity contribution in [1.29, 1.82) is 0 Å². The Balaban J connectivity index is 1.24. The maximum absolute atomic E-state index is 13.3. The van der Waals surface area contributed by atoms with Gasteiger partial charge in [0.15, 0.2) is 11.6 Å². The minimum Gasteiger partial charge on any atom is -0.352 e. The van der Waals surface area contributed by atoms with Gasteiger partial charge in [-0.25, -0.2) is 8.78 Å². The van der Waals surface area contributed by atoms with E-state index in [1.807, 2.05) is 29.2 Å². The molecule has 2 N–H and O–H groups in total. The Morgan fingerprint density at radius 2 is 2.00 bits per heavy atom. The van der Waals surface area contributed by atoms with Gasteiger partial charge in [0.05, 0.1) is 17.6 Å². The summed E-state index contributed by atoms with van der Waals surface area (Å²) in [4.78, 5) is 26.9. The minimum absolute atomic E-state index is 0.0619. The predicted molar refractivity (Wildman–Crippen MR) is 117 cm³/mol. The number of hydrogen-bond acceptors (Lipinski definition) is 3. The Kier molecular flexibility index (Phi) is 6.78. The SMILES string of the molecule is O=C(CC[C@H]1CCCN(C(=O)Cc2[nH]nc3ccccc23)C1)NCc1ccc(F)c(F)c1. The second kappa shape index (κ2) is 9.89. The van der Waals surface area contributed by atoms with Crippen molar-refractivity contribution in [2.24, 2.45) is 5.92 Å². The molecule has 1 aliphatic heterocycles. The lowest BCUT2D eigenvalue weighted by atomic mass is 9.93. The highest BCUT2D eigenvalue weighted by molar-refractivity contribution is 5.87. The normalized spacial score (nSPS) is 16.3. The van der Waals surface area contributed by atoms with Crippen molar-refractivity contribution in [3.05, 3.63) is 65.4 Å². The van der Waals surface area contributed by atoms with E-state index in [4.69, 9.17) is 0 Å². The Labute approximate surface area is 185 Å². The number of aromatic nitrogens is 2. The van der Waals surface area contributed by atoms with Gasteiger partial charge in [-0.1, -0.05) is 24.3 Å². The van der Waals surface area contributed by atoms with E-state index in [0.717, 1.165) is 48.1 Å². The number of fused-ring (bicyclic) bond motifs is 1. The number of hydrogen-bond donors (Lipinski definition) is 2. The molecule has 1 aromatic heterocycles. The lowest BCUT2D eigenvalue weighted by molar-refractivity contribution is -0.132. The van der Waals surface area contributed by atoms with Crippen LogP contribution in [0.3, 0.4) is 0 Å². The second-order valence-electron chi connectivity index (χ2n) is 8.31. The zero-order valence-corrected chi connectivity index (χ0v) is 17.7. The Bertz CT molecular complexity index is 1110. The van der Waals surface area contributed by atoms with Crippen molar-refractivity contribution in [2.75, 3.05) is 13.1 Å². The van der Waals surface area contributed by atoms with E-state index >= 15 is 0 Å². The molecule has 2 aromatic carbocycles. The number of halogens is 2. The number of para-hydroxylation sites is 1. The summed E-state index contributed by atoms with van der Waals surface area (Å²) in [7, 11) is 0. The van der Waals surface area contributed by atoms with Crippen LogP contribution in [0.1, 0.15) is 36.9 Å². The summed E-state index contributed by atoms with van der Waals surface area (Å²) in [6.45, 7) is 1.52. The number of likely N-dealkylation sites (tertiary alicyclic amines) is 1. The fourth-order valence-corrected chi connectivity index (χ4v) is 4.21. The van der Waals surface area contributed by atoms with Crippen molar-refractivity contribution in [3.63, 3.8) is 0 Å². The van der Waals surface area contributed by atoms with Crippen LogP contribution in [0.15, 0.2) is 42.5 Å². The summed E-state index contributed by atoms with van der Waals surface area (Å²) in [5.41, 5.74) is 2.18. The van der Waals surface area contributed by atoms with Crippen LogP contribution in [0.2, 0.25) is 0 Å². The number of nitrogens with zero attached hydrogens (tertiary/aromatic N) is 2. The Morgan fingerprint density at radius 1 is 1.16 bits per heavy atom. The fraction of sp³-hybridized carbons (Fsp3) is 0.375. The Morgan fingerprint density at radius 3 is 2.84 bits per heavy atom. The van der Waals surface area contributed by atoms with E-state index in [-0.39, 0.29) is 30.7 Å². The first kappa shape index (κ1) is 21.9. The first-order valence-corrected chi connectivity index (χ1v) is 10.9. The molecule has 168 valence electrons. The predicted octanol–water partition coefficient (Wildman–Crippen LogP) is 3.72. The van der Waals surface area contributed by atoms with Crippen LogP contribution >= 0.6 is 0 Å². The molecular formula is C24H26F2N4O2. The molecule has 1 fully saturated rings. The van der Waals surface area contributed by atoms with Crippen LogP contribution in [0.5, 0.6) is 0 Å². The number of carbonyl (C=O) groups excluding carboxylic acids is 2. The first-order chi connectivity index (χ1) is 15.5. The Hall–Kier alpha value is -3.29. The van der Waals surface area contributed by atoms with Gasteiger partial charge in [0, 0.05) is 31.4 Å². The molecule has 6 nitrogen and oxygen atoms in total. The lowest BCUT2D eigenvalue weighted by Crippen LogP contribution is -2.41. The molecule has 0 bridgehead atoms. The molecule has 0 spiro atoms. The standard InChI is InChI=1S/C24H26F2N4O2/c25-19-9-7-17(12-20(19)26)14-27-23(31)10-8-16-4-3-11-30(15-16)24(32)13-22-18-5-1-2-6-21(18)28-29-22/h1-2,5-7,9,12,16H,3-4,8,10-11,13-15H2,(H,27,31)(H,28,29)/t16-/m1/s1. The van der Waals surface area contributed by atoms with Crippen molar-refractivity contribution in [3.8, 4) is 0 Å². The fourth-order valence-electron chi connectivity index (χ4n) is 4.21. The molecule has 8 heteroatoms. The van der Waals surface area contributed by atoms with E-state index < -0.39 is 11.6 Å². The van der Waals surface area contributed by atoms with Gasteiger partial charge < -0.3 is 10.2 Å². The molecule has 32 heavy (non-hydrogen) atoms. The van der Waals surface area contributed by atoms with Crippen molar-refractivity contribution in [1.82, 2.24) is 20.4 Å². The lowest BCUT2D eigenvalue weighted by Gasteiger charge is -2.32. The van der Waals surface area contributed by atoms with Crippen molar-refractivity contribution in [2.45, 2.75) is 38.6 Å². The van der Waals surface area contributed by atoms with Gasteiger partial charge in [-0.3, -0.25) is 14.7 Å².